The molecule has 0 amide bonds. The first-order valence-electron chi connectivity index (χ1n) is 7.45. The molecule has 0 aliphatic rings. The number of rotatable bonds is 8. The summed E-state index contributed by atoms with van der Waals surface area (Å²) in [7, 11) is 1.44. The summed E-state index contributed by atoms with van der Waals surface area (Å²) in [5.41, 5.74) is 0.135. The van der Waals surface area contributed by atoms with Crippen LogP contribution < -0.4 is 14.5 Å². The predicted molar refractivity (Wildman–Crippen MR) is 90.9 cm³/mol. The Bertz CT molecular complexity index is 777. The van der Waals surface area contributed by atoms with E-state index in [1.165, 1.54) is 25.4 Å². The number of nitrogens with zero attached hydrogens (tertiary/aromatic N) is 2. The van der Waals surface area contributed by atoms with Gasteiger partial charge in [0.25, 0.3) is 11.5 Å². The molecule has 6 nitrogen and oxygen atoms in total. The molecular weight excluding hydrogens is 354 g/mol. The van der Waals surface area contributed by atoms with Crippen LogP contribution in [-0.4, -0.2) is 28.7 Å². The first kappa shape index (κ1) is 19.2. The molecule has 0 aliphatic carbocycles. The highest BCUT2D eigenvalue weighted by Gasteiger charge is 2.23. The van der Waals surface area contributed by atoms with E-state index in [-0.39, 0.29) is 11.4 Å². The number of pyridine rings is 2. The minimum absolute atomic E-state index is 0.0392. The van der Waals surface area contributed by atoms with E-state index in [9.17, 15) is 13.6 Å². The number of halogens is 2. The number of alkyl halides is 2. The van der Waals surface area contributed by atoms with Gasteiger partial charge in [-0.15, -0.1) is 0 Å². The van der Waals surface area contributed by atoms with Crippen LogP contribution in [-0.2, 0) is 11.2 Å². The van der Waals surface area contributed by atoms with E-state index in [4.69, 9.17) is 13.1 Å². The molecule has 2 rings (SSSR count). The monoisotopic (exact) mass is 372 g/mol. The van der Waals surface area contributed by atoms with Crippen molar-refractivity contribution in [1.82, 2.24) is 9.55 Å². The Morgan fingerprint density at radius 3 is 2.76 bits per heavy atom. The lowest BCUT2D eigenvalue weighted by Crippen LogP contribution is -2.26. The minimum atomic E-state index is -2.99. The van der Waals surface area contributed by atoms with Crippen LogP contribution in [0.5, 0.6) is 11.6 Å². The molecule has 0 bridgehead atoms. The number of hydrogen-bond acceptors (Lipinski definition) is 6. The Morgan fingerprint density at radius 2 is 2.08 bits per heavy atom. The SMILES string of the molecule is CCOSOc1cccnc1-c1ccc(OCC(C)(F)F)n(C)c1=O. The van der Waals surface area contributed by atoms with Gasteiger partial charge < -0.3 is 8.92 Å². The predicted octanol–water partition coefficient (Wildman–Crippen LogP) is 3.46. The van der Waals surface area contributed by atoms with Gasteiger partial charge in [-0.05, 0) is 31.2 Å². The summed E-state index contributed by atoms with van der Waals surface area (Å²) in [5, 5.41) is 0. The molecular formula is C16H18F2N2O4S. The van der Waals surface area contributed by atoms with E-state index >= 15 is 0 Å². The highest BCUT2D eigenvalue weighted by atomic mass is 32.2. The third-order valence-electron chi connectivity index (χ3n) is 3.05. The lowest BCUT2D eigenvalue weighted by molar-refractivity contribution is -0.0252. The Balaban J connectivity index is 2.32. The molecule has 0 N–H and O–H groups in total. The van der Waals surface area contributed by atoms with Gasteiger partial charge in [0.05, 0.1) is 12.2 Å². The summed E-state index contributed by atoms with van der Waals surface area (Å²) in [5.74, 6) is -2.60. The summed E-state index contributed by atoms with van der Waals surface area (Å²) < 4.78 is 42.5. The van der Waals surface area contributed by atoms with Gasteiger partial charge in [-0.2, -0.15) is 0 Å². The number of ether oxygens (including phenoxy) is 1. The zero-order valence-electron chi connectivity index (χ0n) is 14.0. The van der Waals surface area contributed by atoms with Crippen molar-refractivity contribution in [3.8, 4) is 22.9 Å². The average molecular weight is 372 g/mol. The maximum atomic E-state index is 12.9. The van der Waals surface area contributed by atoms with E-state index in [1.807, 2.05) is 6.92 Å². The second kappa shape index (κ2) is 8.30. The van der Waals surface area contributed by atoms with E-state index in [0.717, 1.165) is 23.8 Å². The van der Waals surface area contributed by atoms with E-state index in [1.54, 1.807) is 12.1 Å². The third kappa shape index (κ3) is 5.17. The molecule has 0 unspecified atom stereocenters. The Morgan fingerprint density at radius 1 is 1.32 bits per heavy atom. The van der Waals surface area contributed by atoms with E-state index < -0.39 is 18.1 Å². The molecule has 0 radical (unpaired) electrons. The maximum absolute atomic E-state index is 12.9. The highest BCUT2D eigenvalue weighted by Crippen LogP contribution is 2.29. The zero-order chi connectivity index (χ0) is 18.4. The topological polar surface area (TPSA) is 62.6 Å². The molecule has 0 aliphatic heterocycles. The molecule has 9 heteroatoms. The molecule has 2 aromatic heterocycles. The highest BCUT2D eigenvalue weighted by molar-refractivity contribution is 7.90. The molecule has 0 saturated heterocycles. The van der Waals surface area contributed by atoms with Crippen LogP contribution in [0, 0.1) is 0 Å². The normalized spacial score (nSPS) is 11.4. The molecule has 0 saturated carbocycles. The number of hydrogen-bond donors (Lipinski definition) is 0. The van der Waals surface area contributed by atoms with Crippen molar-refractivity contribution in [3.05, 3.63) is 40.8 Å². The van der Waals surface area contributed by atoms with Gasteiger partial charge >= 0.3 is 0 Å². The largest absolute Gasteiger partial charge is 0.472 e. The van der Waals surface area contributed by atoms with Gasteiger partial charge in [0, 0.05) is 20.2 Å². The molecule has 136 valence electrons. The van der Waals surface area contributed by atoms with Crippen molar-refractivity contribution >= 4 is 12.3 Å². The summed E-state index contributed by atoms with van der Waals surface area (Å²) >= 11 is 0.782. The minimum Gasteiger partial charge on any atom is -0.472 e. The van der Waals surface area contributed by atoms with Crippen molar-refractivity contribution < 1.29 is 21.9 Å². The molecule has 0 atom stereocenters. The first-order valence-corrected chi connectivity index (χ1v) is 8.12. The first-order chi connectivity index (χ1) is 11.8. The second-order valence-electron chi connectivity index (χ2n) is 5.22. The molecule has 25 heavy (non-hydrogen) atoms. The van der Waals surface area contributed by atoms with Crippen LogP contribution >= 0.6 is 12.3 Å². The van der Waals surface area contributed by atoms with Gasteiger partial charge in [-0.3, -0.25) is 18.5 Å². The summed E-state index contributed by atoms with van der Waals surface area (Å²) in [6.07, 6.45) is 1.52. The molecule has 0 aromatic carbocycles. The summed E-state index contributed by atoms with van der Waals surface area (Å²) in [4.78, 5) is 16.7. The van der Waals surface area contributed by atoms with Gasteiger partial charge in [-0.25, -0.2) is 8.78 Å². The smallest absolute Gasteiger partial charge is 0.278 e. The van der Waals surface area contributed by atoms with Crippen molar-refractivity contribution in [3.63, 3.8) is 0 Å². The Labute approximate surface area is 148 Å². The van der Waals surface area contributed by atoms with Gasteiger partial charge in [0.1, 0.15) is 5.69 Å². The summed E-state index contributed by atoms with van der Waals surface area (Å²) in [6.45, 7) is 2.19. The van der Waals surface area contributed by atoms with E-state index in [0.29, 0.717) is 18.1 Å². The maximum Gasteiger partial charge on any atom is 0.278 e. The van der Waals surface area contributed by atoms with Gasteiger partial charge in [0.15, 0.2) is 18.2 Å². The van der Waals surface area contributed by atoms with Crippen LogP contribution in [0.25, 0.3) is 11.3 Å². The van der Waals surface area contributed by atoms with Crippen LogP contribution in [0.3, 0.4) is 0 Å². The molecule has 2 aromatic rings. The van der Waals surface area contributed by atoms with Crippen LogP contribution in [0.2, 0.25) is 0 Å². The van der Waals surface area contributed by atoms with Crippen molar-refractivity contribution in [2.24, 2.45) is 7.05 Å². The third-order valence-corrected chi connectivity index (χ3v) is 3.63. The van der Waals surface area contributed by atoms with Gasteiger partial charge in [0.2, 0.25) is 12.3 Å². The standard InChI is InChI=1S/C16H18F2N2O4S/c1-4-23-25-24-12-6-5-9-19-14(12)11-7-8-13(20(3)15(11)21)22-10-16(2,17)18/h5-9H,4,10H2,1-3H3. The van der Waals surface area contributed by atoms with Crippen LogP contribution in [0.4, 0.5) is 8.78 Å². The molecule has 0 spiro atoms. The van der Waals surface area contributed by atoms with Crippen molar-refractivity contribution in [1.29, 1.82) is 0 Å². The fraction of sp³-hybridized carbons (Fsp3) is 0.375. The fourth-order valence-electron chi connectivity index (χ4n) is 1.91. The van der Waals surface area contributed by atoms with Crippen LogP contribution in [0.15, 0.2) is 35.3 Å². The van der Waals surface area contributed by atoms with Crippen molar-refractivity contribution in [2.75, 3.05) is 13.2 Å². The van der Waals surface area contributed by atoms with Crippen LogP contribution in [0.1, 0.15) is 13.8 Å². The Hall–Kier alpha value is -2.13. The van der Waals surface area contributed by atoms with Gasteiger partial charge in [-0.1, -0.05) is 0 Å². The Kier molecular flexibility index (Phi) is 6.38. The zero-order valence-corrected chi connectivity index (χ0v) is 14.8. The molecule has 0 fully saturated rings. The second-order valence-corrected chi connectivity index (χ2v) is 5.75. The fourth-order valence-corrected chi connectivity index (χ4v) is 2.27. The summed E-state index contributed by atoms with van der Waals surface area (Å²) in [6, 6.07) is 6.22. The van der Waals surface area contributed by atoms with E-state index in [2.05, 4.69) is 4.98 Å². The quantitative estimate of drug-likeness (QED) is 0.522. The van der Waals surface area contributed by atoms with Crippen molar-refractivity contribution in [2.45, 2.75) is 19.8 Å². The average Bonchev–Trinajstić information content (AvgIpc) is 2.56. The lowest BCUT2D eigenvalue weighted by atomic mass is 10.1. The lowest BCUT2D eigenvalue weighted by Gasteiger charge is -2.15. The molecule has 2 heterocycles. The number of aromatic nitrogens is 2.